The van der Waals surface area contributed by atoms with Crippen LogP contribution in [-0.4, -0.2) is 39.9 Å². The fraction of sp³-hybridized carbons (Fsp3) is 0.263. The minimum Gasteiger partial charge on any atom is -0.497 e. The monoisotopic (exact) mass is 403 g/mol. The van der Waals surface area contributed by atoms with Gasteiger partial charge in [-0.25, -0.2) is 8.42 Å². The quantitative estimate of drug-likeness (QED) is 0.764. The molecule has 0 aromatic heterocycles. The van der Waals surface area contributed by atoms with Gasteiger partial charge in [0.05, 0.1) is 12.0 Å². The number of anilines is 2. The standard InChI is InChI=1S/C19H21N3O5S/c1-13(23)20-14-3-9-17(10-4-14)28(25,26)21-18-11-12-22(19(18)24)15-5-7-16(27-2)8-6-15/h3-10,18,21H,11-12H2,1-2H3,(H,20,23)/t18-/m1/s1. The van der Waals surface area contributed by atoms with Gasteiger partial charge in [0, 0.05) is 24.8 Å². The van der Waals surface area contributed by atoms with Gasteiger partial charge >= 0.3 is 0 Å². The van der Waals surface area contributed by atoms with Crippen LogP contribution in [0.2, 0.25) is 0 Å². The van der Waals surface area contributed by atoms with Crippen molar-refractivity contribution in [1.82, 2.24) is 4.72 Å². The molecule has 0 bridgehead atoms. The summed E-state index contributed by atoms with van der Waals surface area (Å²) >= 11 is 0. The van der Waals surface area contributed by atoms with Gasteiger partial charge < -0.3 is 15.0 Å². The highest BCUT2D eigenvalue weighted by molar-refractivity contribution is 7.89. The van der Waals surface area contributed by atoms with Crippen LogP contribution in [0.25, 0.3) is 0 Å². The highest BCUT2D eigenvalue weighted by atomic mass is 32.2. The number of amides is 2. The maximum absolute atomic E-state index is 12.7. The molecule has 0 spiro atoms. The van der Waals surface area contributed by atoms with Crippen molar-refractivity contribution in [1.29, 1.82) is 0 Å². The van der Waals surface area contributed by atoms with Crippen LogP contribution in [0.5, 0.6) is 5.75 Å². The lowest BCUT2D eigenvalue weighted by molar-refractivity contribution is -0.118. The average Bonchev–Trinajstić information content (AvgIpc) is 3.01. The molecular formula is C19H21N3O5S. The number of nitrogens with one attached hydrogen (secondary N) is 2. The van der Waals surface area contributed by atoms with E-state index < -0.39 is 16.1 Å². The second-order valence-electron chi connectivity index (χ2n) is 6.36. The van der Waals surface area contributed by atoms with E-state index in [4.69, 9.17) is 4.74 Å². The van der Waals surface area contributed by atoms with Crippen LogP contribution in [0.3, 0.4) is 0 Å². The summed E-state index contributed by atoms with van der Waals surface area (Å²) in [5.41, 5.74) is 1.18. The van der Waals surface area contributed by atoms with Gasteiger partial charge in [0.2, 0.25) is 21.8 Å². The summed E-state index contributed by atoms with van der Waals surface area (Å²) in [4.78, 5) is 25.3. The van der Waals surface area contributed by atoms with E-state index in [9.17, 15) is 18.0 Å². The summed E-state index contributed by atoms with van der Waals surface area (Å²) in [7, 11) is -2.31. The second-order valence-corrected chi connectivity index (χ2v) is 8.07. The third kappa shape index (κ3) is 4.32. The normalized spacial score (nSPS) is 16.9. The topological polar surface area (TPSA) is 105 Å². The Morgan fingerprint density at radius 2 is 1.75 bits per heavy atom. The van der Waals surface area contributed by atoms with E-state index in [1.807, 2.05) is 0 Å². The molecule has 1 heterocycles. The SMILES string of the molecule is COc1ccc(N2CC[C@@H](NS(=O)(=O)c3ccc(NC(C)=O)cc3)C2=O)cc1. The van der Waals surface area contributed by atoms with Crippen molar-refractivity contribution in [3.8, 4) is 5.75 Å². The van der Waals surface area contributed by atoms with E-state index in [0.29, 0.717) is 30.1 Å². The summed E-state index contributed by atoms with van der Waals surface area (Å²) in [6, 6.07) is 11.9. The first-order valence-corrected chi connectivity index (χ1v) is 10.1. The fourth-order valence-electron chi connectivity index (χ4n) is 2.98. The molecule has 2 amide bonds. The molecule has 0 radical (unpaired) electrons. The molecule has 28 heavy (non-hydrogen) atoms. The second kappa shape index (κ2) is 7.99. The molecule has 0 unspecified atom stereocenters. The first-order chi connectivity index (χ1) is 13.3. The van der Waals surface area contributed by atoms with Crippen molar-refractivity contribution in [2.24, 2.45) is 0 Å². The van der Waals surface area contributed by atoms with E-state index in [-0.39, 0.29) is 16.7 Å². The molecule has 2 aromatic carbocycles. The number of carbonyl (C=O) groups excluding carboxylic acids is 2. The number of nitrogens with zero attached hydrogens (tertiary/aromatic N) is 1. The molecule has 2 aromatic rings. The summed E-state index contributed by atoms with van der Waals surface area (Å²) in [6.45, 7) is 1.78. The maximum Gasteiger partial charge on any atom is 0.245 e. The van der Waals surface area contributed by atoms with Gasteiger partial charge in [-0.15, -0.1) is 0 Å². The fourth-order valence-corrected chi connectivity index (χ4v) is 4.21. The number of rotatable bonds is 6. The Labute approximate surface area is 163 Å². The third-order valence-corrected chi connectivity index (χ3v) is 5.86. The van der Waals surface area contributed by atoms with Gasteiger partial charge in [-0.2, -0.15) is 4.72 Å². The minimum absolute atomic E-state index is 0.0253. The Morgan fingerprint density at radius 1 is 1.11 bits per heavy atom. The lowest BCUT2D eigenvalue weighted by Crippen LogP contribution is -2.41. The largest absolute Gasteiger partial charge is 0.497 e. The molecule has 1 atom stereocenters. The number of hydrogen-bond acceptors (Lipinski definition) is 5. The molecule has 1 saturated heterocycles. The lowest BCUT2D eigenvalue weighted by Gasteiger charge is -2.17. The smallest absolute Gasteiger partial charge is 0.245 e. The molecule has 1 aliphatic rings. The molecule has 9 heteroatoms. The average molecular weight is 403 g/mol. The Hall–Kier alpha value is -2.91. The van der Waals surface area contributed by atoms with Crippen molar-refractivity contribution in [3.05, 3.63) is 48.5 Å². The van der Waals surface area contributed by atoms with E-state index in [0.717, 1.165) is 0 Å². The molecule has 1 fully saturated rings. The predicted molar refractivity (Wildman–Crippen MR) is 105 cm³/mol. The highest BCUT2D eigenvalue weighted by Gasteiger charge is 2.35. The molecule has 0 aliphatic carbocycles. The van der Waals surface area contributed by atoms with Crippen molar-refractivity contribution < 1.29 is 22.7 Å². The van der Waals surface area contributed by atoms with Crippen LogP contribution in [0.15, 0.2) is 53.4 Å². The van der Waals surface area contributed by atoms with Crippen molar-refractivity contribution in [2.75, 3.05) is 23.9 Å². The van der Waals surface area contributed by atoms with Crippen LogP contribution in [-0.2, 0) is 19.6 Å². The molecule has 8 nitrogen and oxygen atoms in total. The van der Waals surface area contributed by atoms with Gasteiger partial charge in [-0.1, -0.05) is 0 Å². The minimum atomic E-state index is -3.87. The molecule has 0 saturated carbocycles. The summed E-state index contributed by atoms with van der Waals surface area (Å²) in [6.07, 6.45) is 0.369. The predicted octanol–water partition coefficient (Wildman–Crippen LogP) is 1.74. The van der Waals surface area contributed by atoms with E-state index >= 15 is 0 Å². The molecule has 2 N–H and O–H groups in total. The van der Waals surface area contributed by atoms with Crippen LogP contribution in [0, 0.1) is 0 Å². The van der Waals surface area contributed by atoms with Gasteiger partial charge in [0.25, 0.3) is 0 Å². The zero-order valence-corrected chi connectivity index (χ0v) is 16.3. The Bertz CT molecular complexity index is 972. The van der Waals surface area contributed by atoms with Crippen molar-refractivity contribution >= 4 is 33.2 Å². The lowest BCUT2D eigenvalue weighted by atomic mass is 10.2. The molecule has 148 valence electrons. The summed E-state index contributed by atoms with van der Waals surface area (Å²) in [5.74, 6) is 0.128. The molecule has 1 aliphatic heterocycles. The van der Waals surface area contributed by atoms with Gasteiger partial charge in [0.1, 0.15) is 11.8 Å². The van der Waals surface area contributed by atoms with E-state index in [1.165, 1.54) is 31.2 Å². The zero-order valence-electron chi connectivity index (χ0n) is 15.5. The number of sulfonamides is 1. The number of methoxy groups -OCH3 is 1. The number of ether oxygens (including phenoxy) is 1. The third-order valence-electron chi connectivity index (χ3n) is 4.37. The van der Waals surface area contributed by atoms with Crippen LogP contribution in [0.1, 0.15) is 13.3 Å². The number of carbonyl (C=O) groups is 2. The molecule has 3 rings (SSSR count). The van der Waals surface area contributed by atoms with Crippen LogP contribution >= 0.6 is 0 Å². The first kappa shape index (κ1) is 19.8. The highest BCUT2D eigenvalue weighted by Crippen LogP contribution is 2.25. The van der Waals surface area contributed by atoms with Gasteiger partial charge in [0.15, 0.2) is 0 Å². The Balaban J connectivity index is 1.70. The first-order valence-electron chi connectivity index (χ1n) is 8.65. The van der Waals surface area contributed by atoms with Crippen molar-refractivity contribution in [2.45, 2.75) is 24.3 Å². The van der Waals surface area contributed by atoms with Gasteiger partial charge in [-0.05, 0) is 55.0 Å². The zero-order chi connectivity index (χ0) is 20.3. The maximum atomic E-state index is 12.7. The van der Waals surface area contributed by atoms with Crippen LogP contribution in [0.4, 0.5) is 11.4 Å². The number of hydrogen-bond donors (Lipinski definition) is 2. The molecular weight excluding hydrogens is 382 g/mol. The van der Waals surface area contributed by atoms with Crippen molar-refractivity contribution in [3.63, 3.8) is 0 Å². The summed E-state index contributed by atoms with van der Waals surface area (Å²) in [5, 5.41) is 2.57. The number of benzene rings is 2. The Kier molecular flexibility index (Phi) is 5.66. The summed E-state index contributed by atoms with van der Waals surface area (Å²) < 4.78 is 32.8. The van der Waals surface area contributed by atoms with Gasteiger partial charge in [-0.3, -0.25) is 9.59 Å². The van der Waals surface area contributed by atoms with E-state index in [1.54, 1.807) is 36.3 Å². The van der Waals surface area contributed by atoms with Crippen LogP contribution < -0.4 is 19.7 Å². The van der Waals surface area contributed by atoms with E-state index in [2.05, 4.69) is 10.0 Å². The Morgan fingerprint density at radius 3 is 2.32 bits per heavy atom.